The van der Waals surface area contributed by atoms with Gasteiger partial charge < -0.3 is 14.0 Å². The van der Waals surface area contributed by atoms with E-state index in [-0.39, 0.29) is 0 Å². The van der Waals surface area contributed by atoms with Crippen LogP contribution >= 0.6 is 0 Å². The van der Waals surface area contributed by atoms with Gasteiger partial charge >= 0.3 is 0 Å². The average molecular weight is 1190 g/mol. The highest BCUT2D eigenvalue weighted by Gasteiger charge is 2.23. The molecule has 0 amide bonds. The minimum atomic E-state index is 0.584. The van der Waals surface area contributed by atoms with Gasteiger partial charge in [-0.2, -0.15) is 0 Å². The standard InChI is InChI=1S/C86H57N7/c1-7-19-58(20-8-1)67-35-43-80-76(51-67)77-52-68(59-21-9-2-10-22-59)36-44-81(77)92(80)74-55-73(56-75(57-74)93-82-45-37-69(60-23-11-3-12-24-60)53-78(82)79-54-70(38-46-83(79)93)61-25-13-4-14-26-61)91(71-39-31-62(32-40-71)63-47-49-87-50-48-63)72-41-33-66(34-42-72)86-89-84(64-27-15-5-16-28-64)88-85(90-86)65-29-17-6-18-30-65/h1-57H. The van der Waals surface area contributed by atoms with Crippen molar-refractivity contribution in [2.45, 2.75) is 0 Å². The summed E-state index contributed by atoms with van der Waals surface area (Å²) in [6, 6.07) is 120. The molecule has 0 bridgehead atoms. The third-order valence-corrected chi connectivity index (χ3v) is 17.8. The minimum Gasteiger partial charge on any atom is -0.310 e. The first kappa shape index (κ1) is 54.6. The van der Waals surface area contributed by atoms with Crippen molar-refractivity contribution >= 4 is 60.7 Å². The molecule has 0 unspecified atom stereocenters. The highest BCUT2D eigenvalue weighted by Crippen LogP contribution is 2.45. The number of nitrogens with zero attached hydrogens (tertiary/aromatic N) is 7. The zero-order chi connectivity index (χ0) is 61.6. The summed E-state index contributed by atoms with van der Waals surface area (Å²) in [5.74, 6) is 1.80. The molecule has 0 saturated carbocycles. The maximum atomic E-state index is 5.15. The van der Waals surface area contributed by atoms with Gasteiger partial charge in [-0.25, -0.2) is 15.0 Å². The Hall–Kier alpha value is -12.6. The zero-order valence-corrected chi connectivity index (χ0v) is 50.5. The van der Waals surface area contributed by atoms with Crippen molar-refractivity contribution in [2.24, 2.45) is 0 Å². The molecule has 13 aromatic carbocycles. The van der Waals surface area contributed by atoms with Crippen molar-refractivity contribution in [3.63, 3.8) is 0 Å². The predicted molar refractivity (Wildman–Crippen MR) is 384 cm³/mol. The van der Waals surface area contributed by atoms with E-state index in [9.17, 15) is 0 Å². The first-order chi connectivity index (χ1) is 46.1. The van der Waals surface area contributed by atoms with E-state index >= 15 is 0 Å². The van der Waals surface area contributed by atoms with E-state index in [1.807, 2.05) is 73.1 Å². The maximum Gasteiger partial charge on any atom is 0.164 e. The first-order valence-electron chi connectivity index (χ1n) is 31.4. The summed E-state index contributed by atoms with van der Waals surface area (Å²) >= 11 is 0. The topological polar surface area (TPSA) is 64.7 Å². The number of hydrogen-bond donors (Lipinski definition) is 0. The van der Waals surface area contributed by atoms with Gasteiger partial charge in [0.25, 0.3) is 0 Å². The Bertz CT molecular complexity index is 5090. The molecule has 0 saturated heterocycles. The van der Waals surface area contributed by atoms with Crippen molar-refractivity contribution in [3.05, 3.63) is 346 Å². The second-order valence-electron chi connectivity index (χ2n) is 23.5. The van der Waals surface area contributed by atoms with Gasteiger partial charge in [-0.1, -0.05) is 218 Å². The molecule has 0 aliphatic heterocycles. The fourth-order valence-electron chi connectivity index (χ4n) is 13.3. The third-order valence-electron chi connectivity index (χ3n) is 17.8. The van der Waals surface area contributed by atoms with E-state index in [4.69, 9.17) is 15.0 Å². The molecule has 436 valence electrons. The highest BCUT2D eigenvalue weighted by molar-refractivity contribution is 6.13. The lowest BCUT2D eigenvalue weighted by molar-refractivity contribution is 1.07. The van der Waals surface area contributed by atoms with E-state index in [0.29, 0.717) is 17.5 Å². The number of fused-ring (bicyclic) bond motifs is 6. The molecule has 4 aromatic heterocycles. The van der Waals surface area contributed by atoms with E-state index in [1.165, 1.54) is 22.3 Å². The molecule has 17 rings (SSSR count). The van der Waals surface area contributed by atoms with E-state index in [1.54, 1.807) is 0 Å². The maximum absolute atomic E-state index is 5.15. The van der Waals surface area contributed by atoms with Crippen molar-refractivity contribution < 1.29 is 0 Å². The number of benzene rings is 13. The Balaban J connectivity index is 0.926. The van der Waals surface area contributed by atoms with E-state index < -0.39 is 0 Å². The summed E-state index contributed by atoms with van der Waals surface area (Å²) in [6.45, 7) is 0. The zero-order valence-electron chi connectivity index (χ0n) is 50.5. The van der Waals surface area contributed by atoms with Crippen LogP contribution in [-0.4, -0.2) is 29.1 Å². The van der Waals surface area contributed by atoms with Gasteiger partial charge in [0.1, 0.15) is 0 Å². The van der Waals surface area contributed by atoms with Gasteiger partial charge in [-0.15, -0.1) is 0 Å². The molecule has 0 radical (unpaired) electrons. The largest absolute Gasteiger partial charge is 0.310 e. The lowest BCUT2D eigenvalue weighted by Gasteiger charge is -2.28. The molecule has 0 aliphatic carbocycles. The van der Waals surface area contributed by atoms with Crippen LogP contribution in [0.15, 0.2) is 346 Å². The van der Waals surface area contributed by atoms with Crippen molar-refractivity contribution in [1.82, 2.24) is 29.1 Å². The molecule has 0 aliphatic rings. The average Bonchev–Trinajstić information content (AvgIpc) is 1.60. The van der Waals surface area contributed by atoms with Crippen LogP contribution in [0, 0.1) is 0 Å². The second-order valence-corrected chi connectivity index (χ2v) is 23.5. The smallest absolute Gasteiger partial charge is 0.164 e. The van der Waals surface area contributed by atoms with Crippen LogP contribution in [0.3, 0.4) is 0 Å². The molecule has 4 heterocycles. The van der Waals surface area contributed by atoms with Gasteiger partial charge in [0, 0.05) is 62.0 Å². The highest BCUT2D eigenvalue weighted by atomic mass is 15.2. The summed E-state index contributed by atoms with van der Waals surface area (Å²) in [4.78, 5) is 22.1. The summed E-state index contributed by atoms with van der Waals surface area (Å²) in [7, 11) is 0. The van der Waals surface area contributed by atoms with Crippen LogP contribution < -0.4 is 4.90 Å². The summed E-state index contributed by atoms with van der Waals surface area (Å²) in [5, 5.41) is 4.66. The Morgan fingerprint density at radius 1 is 0.204 bits per heavy atom. The van der Waals surface area contributed by atoms with Crippen molar-refractivity contribution in [2.75, 3.05) is 4.90 Å². The molecule has 93 heavy (non-hydrogen) atoms. The van der Waals surface area contributed by atoms with Gasteiger partial charge in [0.05, 0.1) is 39.1 Å². The molecule has 0 spiro atoms. The molecular weight excluding hydrogens is 1130 g/mol. The lowest BCUT2D eigenvalue weighted by Crippen LogP contribution is -2.12. The molecule has 0 fully saturated rings. The van der Waals surface area contributed by atoms with Crippen molar-refractivity contribution in [1.29, 1.82) is 0 Å². The van der Waals surface area contributed by atoms with Gasteiger partial charge in [0.2, 0.25) is 0 Å². The monoisotopic (exact) mass is 1190 g/mol. The second kappa shape index (κ2) is 23.4. The van der Waals surface area contributed by atoms with Crippen LogP contribution in [0.4, 0.5) is 17.1 Å². The lowest BCUT2D eigenvalue weighted by atomic mass is 10.0. The van der Waals surface area contributed by atoms with Crippen LogP contribution in [-0.2, 0) is 0 Å². The normalized spacial score (nSPS) is 11.4. The molecule has 0 atom stereocenters. The Labute approximate surface area is 538 Å². The number of rotatable bonds is 13. The minimum absolute atomic E-state index is 0.584. The number of anilines is 3. The fraction of sp³-hybridized carbons (Fsp3) is 0. The Morgan fingerprint density at radius 3 is 0.785 bits per heavy atom. The molecule has 7 nitrogen and oxygen atoms in total. The Morgan fingerprint density at radius 2 is 0.462 bits per heavy atom. The Kier molecular flexibility index (Phi) is 13.7. The number of pyridine rings is 1. The summed E-state index contributed by atoms with van der Waals surface area (Å²) in [5.41, 5.74) is 23.5. The molecule has 0 N–H and O–H groups in total. The number of hydrogen-bond acceptors (Lipinski definition) is 5. The summed E-state index contributed by atoms with van der Waals surface area (Å²) < 4.78 is 4.94. The quantitative estimate of drug-likeness (QED) is 0.115. The third kappa shape index (κ3) is 10.3. The molecule has 7 heteroatoms. The first-order valence-corrected chi connectivity index (χ1v) is 31.4. The van der Waals surface area contributed by atoms with Crippen molar-refractivity contribution in [3.8, 4) is 101 Å². The van der Waals surface area contributed by atoms with Gasteiger partial charge in [0.15, 0.2) is 17.5 Å². The van der Waals surface area contributed by atoms with Crippen LogP contribution in [0.2, 0.25) is 0 Å². The summed E-state index contributed by atoms with van der Waals surface area (Å²) in [6.07, 6.45) is 3.70. The number of aromatic nitrogens is 6. The van der Waals surface area contributed by atoms with Gasteiger partial charge in [-0.05, 0) is 171 Å². The molecular formula is C86H57N7. The van der Waals surface area contributed by atoms with Crippen LogP contribution in [0.25, 0.3) is 145 Å². The van der Waals surface area contributed by atoms with E-state index in [0.717, 1.165) is 122 Å². The SMILES string of the molecule is c1ccc(-c2ccc3c(c2)c2cc(-c4ccccc4)ccc2n3-c2cc(N(c3ccc(-c4ccncc4)cc3)c3ccc(-c4nc(-c5ccccc5)nc(-c5ccccc5)n4)cc3)cc(-n3c4ccc(-c5ccccc5)cc4c4cc(-c5ccccc5)ccc43)c2)cc1. The van der Waals surface area contributed by atoms with Crippen LogP contribution in [0.5, 0.6) is 0 Å². The fourth-order valence-corrected chi connectivity index (χ4v) is 13.3. The predicted octanol–water partition coefficient (Wildman–Crippen LogP) is 22.3. The van der Waals surface area contributed by atoms with E-state index in [2.05, 4.69) is 292 Å². The van der Waals surface area contributed by atoms with Crippen LogP contribution in [0.1, 0.15) is 0 Å². The molecule has 17 aromatic rings. The van der Waals surface area contributed by atoms with Gasteiger partial charge in [-0.3, -0.25) is 4.98 Å².